The van der Waals surface area contributed by atoms with Gasteiger partial charge in [-0.1, -0.05) is 13.8 Å². The molecule has 0 aromatic carbocycles. The van der Waals surface area contributed by atoms with Gasteiger partial charge in [-0.2, -0.15) is 0 Å². The van der Waals surface area contributed by atoms with Crippen molar-refractivity contribution in [3.63, 3.8) is 0 Å². The van der Waals surface area contributed by atoms with Crippen molar-refractivity contribution < 1.29 is 9.90 Å². The molecule has 7 atom stereocenters. The molecule has 4 rings (SSSR count). The molecule has 4 fully saturated rings. The van der Waals surface area contributed by atoms with E-state index in [-0.39, 0.29) is 11.5 Å². The average molecular weight is 290 g/mol. The summed E-state index contributed by atoms with van der Waals surface area (Å²) in [7, 11) is 0. The first-order chi connectivity index (χ1) is 9.93. The second kappa shape index (κ2) is 4.57. The minimum absolute atomic E-state index is 0.0677. The highest BCUT2D eigenvalue weighted by molar-refractivity contribution is 5.79. The van der Waals surface area contributed by atoms with Crippen LogP contribution in [0.15, 0.2) is 0 Å². The van der Waals surface area contributed by atoms with Gasteiger partial charge in [-0.25, -0.2) is 0 Å². The summed E-state index contributed by atoms with van der Waals surface area (Å²) in [4.78, 5) is 11.9. The second-order valence-electron chi connectivity index (χ2n) is 9.13. The first-order valence-electron chi connectivity index (χ1n) is 9.13. The normalized spacial score (nSPS) is 56.5. The van der Waals surface area contributed by atoms with E-state index >= 15 is 0 Å². The second-order valence-corrected chi connectivity index (χ2v) is 9.13. The zero-order valence-electron chi connectivity index (χ0n) is 13.6. The largest absolute Gasteiger partial charge is 0.393 e. The monoisotopic (exact) mass is 290 g/mol. The average Bonchev–Trinajstić information content (AvgIpc) is 2.74. The molecular formula is C19H30O2. The van der Waals surface area contributed by atoms with E-state index in [1.165, 1.54) is 32.1 Å². The maximum absolute atomic E-state index is 11.9. The van der Waals surface area contributed by atoms with Crippen molar-refractivity contribution in [3.05, 3.63) is 0 Å². The Balaban J connectivity index is 1.62. The van der Waals surface area contributed by atoms with E-state index in [4.69, 9.17) is 0 Å². The van der Waals surface area contributed by atoms with Gasteiger partial charge in [-0.3, -0.25) is 4.79 Å². The van der Waals surface area contributed by atoms with Gasteiger partial charge >= 0.3 is 0 Å². The Bertz CT molecular complexity index is 458. The number of carbonyl (C=O) groups excluding carboxylic acids is 1. The smallest absolute Gasteiger partial charge is 0.133 e. The fraction of sp³-hybridized carbons (Fsp3) is 0.947. The van der Waals surface area contributed by atoms with Crippen LogP contribution < -0.4 is 0 Å². The third-order valence-corrected chi connectivity index (χ3v) is 8.37. The Labute approximate surface area is 128 Å². The number of fused-ring (bicyclic) bond motifs is 4. The van der Waals surface area contributed by atoms with Gasteiger partial charge in [-0.15, -0.1) is 0 Å². The lowest BCUT2D eigenvalue weighted by molar-refractivity contribution is -0.139. The lowest BCUT2D eigenvalue weighted by Gasteiger charge is -2.59. The zero-order chi connectivity index (χ0) is 14.8. The zero-order valence-corrected chi connectivity index (χ0v) is 13.6. The van der Waals surface area contributed by atoms with Crippen LogP contribution in [0, 0.1) is 34.5 Å². The van der Waals surface area contributed by atoms with E-state index in [0.29, 0.717) is 17.1 Å². The lowest BCUT2D eigenvalue weighted by Crippen LogP contribution is -2.53. The van der Waals surface area contributed by atoms with Crippen LogP contribution in [0.3, 0.4) is 0 Å². The molecule has 0 amide bonds. The minimum Gasteiger partial charge on any atom is -0.393 e. The van der Waals surface area contributed by atoms with Gasteiger partial charge < -0.3 is 5.11 Å². The highest BCUT2D eigenvalue weighted by atomic mass is 16.3. The summed E-state index contributed by atoms with van der Waals surface area (Å²) in [5.41, 5.74) is 0.598. The van der Waals surface area contributed by atoms with E-state index in [1.807, 2.05) is 0 Å². The van der Waals surface area contributed by atoms with Crippen molar-refractivity contribution in [2.45, 2.75) is 77.7 Å². The third kappa shape index (κ3) is 1.90. The molecule has 2 nitrogen and oxygen atoms in total. The first-order valence-corrected chi connectivity index (χ1v) is 9.13. The summed E-state index contributed by atoms with van der Waals surface area (Å²) in [5, 5.41) is 10.5. The van der Waals surface area contributed by atoms with E-state index in [0.717, 1.165) is 43.4 Å². The van der Waals surface area contributed by atoms with Crippen LogP contribution >= 0.6 is 0 Å². The molecule has 4 saturated carbocycles. The highest BCUT2D eigenvalue weighted by Crippen LogP contribution is 2.65. The first kappa shape index (κ1) is 14.2. The molecule has 0 spiro atoms. The van der Waals surface area contributed by atoms with Gasteiger partial charge in [0.1, 0.15) is 5.78 Å². The Hall–Kier alpha value is -0.370. The van der Waals surface area contributed by atoms with Crippen LogP contribution in [0.25, 0.3) is 0 Å². The van der Waals surface area contributed by atoms with Crippen LogP contribution in [-0.2, 0) is 4.79 Å². The Morgan fingerprint density at radius 3 is 2.62 bits per heavy atom. The number of carbonyl (C=O) groups is 1. The van der Waals surface area contributed by atoms with Crippen LogP contribution in [0.1, 0.15) is 71.6 Å². The third-order valence-electron chi connectivity index (χ3n) is 8.37. The maximum Gasteiger partial charge on any atom is 0.133 e. The molecule has 0 aromatic rings. The quantitative estimate of drug-likeness (QED) is 0.733. The molecule has 2 heteroatoms. The van der Waals surface area contributed by atoms with Crippen molar-refractivity contribution in [2.24, 2.45) is 34.5 Å². The topological polar surface area (TPSA) is 37.3 Å². The summed E-state index contributed by atoms with van der Waals surface area (Å²) < 4.78 is 0. The summed E-state index contributed by atoms with van der Waals surface area (Å²) >= 11 is 0. The molecule has 0 unspecified atom stereocenters. The van der Waals surface area contributed by atoms with Gasteiger partial charge in [0.2, 0.25) is 0 Å². The van der Waals surface area contributed by atoms with Crippen molar-refractivity contribution in [1.82, 2.24) is 0 Å². The van der Waals surface area contributed by atoms with Crippen LogP contribution in [0.2, 0.25) is 0 Å². The standard InChI is InChI=1S/C19H30O2/c1-18-8-7-15(20)9-13(18)4-3-12-11-19(2)14(10-16(12)18)5-6-17(19)21/h12-14,16-17,21H,3-11H2,1-2H3/t12-,13-,14+,16-,17+,18-,19+/m1/s1. The molecule has 118 valence electrons. The number of hydrogen-bond acceptors (Lipinski definition) is 2. The van der Waals surface area contributed by atoms with E-state index in [2.05, 4.69) is 13.8 Å². The van der Waals surface area contributed by atoms with Crippen molar-refractivity contribution in [2.75, 3.05) is 0 Å². The van der Waals surface area contributed by atoms with Crippen LogP contribution in [-0.4, -0.2) is 17.0 Å². The van der Waals surface area contributed by atoms with Crippen LogP contribution in [0.4, 0.5) is 0 Å². The van der Waals surface area contributed by atoms with Gasteiger partial charge in [0, 0.05) is 12.8 Å². The molecule has 0 aliphatic heterocycles. The fourth-order valence-corrected chi connectivity index (χ4v) is 6.86. The van der Waals surface area contributed by atoms with Gasteiger partial charge in [0.05, 0.1) is 6.10 Å². The molecule has 0 heterocycles. The molecule has 0 aromatic heterocycles. The number of hydrogen-bond donors (Lipinski definition) is 1. The predicted molar refractivity (Wildman–Crippen MR) is 82.7 cm³/mol. The fourth-order valence-electron chi connectivity index (χ4n) is 6.86. The molecule has 4 aliphatic carbocycles. The number of Topliss-reactive ketones (excluding diaryl/α,β-unsaturated/α-hetero) is 1. The minimum atomic E-state index is -0.0677. The molecule has 21 heavy (non-hydrogen) atoms. The molecular weight excluding hydrogens is 260 g/mol. The molecule has 0 radical (unpaired) electrons. The van der Waals surface area contributed by atoms with E-state index in [9.17, 15) is 9.90 Å². The Kier molecular flexibility index (Phi) is 3.10. The molecule has 1 N–H and O–H groups in total. The van der Waals surface area contributed by atoms with Gasteiger partial charge in [-0.05, 0) is 79.4 Å². The van der Waals surface area contributed by atoms with Gasteiger partial charge in [0.25, 0.3) is 0 Å². The Morgan fingerprint density at radius 2 is 1.81 bits per heavy atom. The van der Waals surface area contributed by atoms with Crippen molar-refractivity contribution in [1.29, 1.82) is 0 Å². The maximum atomic E-state index is 11.9. The van der Waals surface area contributed by atoms with Crippen molar-refractivity contribution in [3.8, 4) is 0 Å². The Morgan fingerprint density at radius 1 is 1.05 bits per heavy atom. The summed E-state index contributed by atoms with van der Waals surface area (Å²) in [6.45, 7) is 4.85. The van der Waals surface area contributed by atoms with Crippen molar-refractivity contribution >= 4 is 5.78 Å². The van der Waals surface area contributed by atoms with Crippen LogP contribution in [0.5, 0.6) is 0 Å². The predicted octanol–water partition coefficient (Wildman–Crippen LogP) is 3.96. The summed E-state index contributed by atoms with van der Waals surface area (Å²) in [5.74, 6) is 3.49. The SMILES string of the molecule is C[C@]12C[C@H]3CC[C@@H]4CC(=O)CC[C@@]4(C)[C@@H]3C[C@@H]1CC[C@@H]2O. The molecule has 0 saturated heterocycles. The van der Waals surface area contributed by atoms with E-state index in [1.54, 1.807) is 0 Å². The molecule has 4 aliphatic rings. The highest BCUT2D eigenvalue weighted by Gasteiger charge is 2.58. The summed E-state index contributed by atoms with van der Waals surface area (Å²) in [6, 6.07) is 0. The lowest BCUT2D eigenvalue weighted by atomic mass is 9.46. The number of rotatable bonds is 0. The number of ketones is 1. The number of aliphatic hydroxyl groups excluding tert-OH is 1. The number of aliphatic hydroxyl groups is 1. The summed E-state index contributed by atoms with van der Waals surface area (Å²) in [6.07, 6.45) is 10.1. The molecule has 0 bridgehead atoms. The van der Waals surface area contributed by atoms with E-state index < -0.39 is 0 Å². The van der Waals surface area contributed by atoms with Gasteiger partial charge in [0.15, 0.2) is 0 Å².